The van der Waals surface area contributed by atoms with Crippen molar-refractivity contribution < 1.29 is 18.0 Å². The third kappa shape index (κ3) is 5.06. The average Bonchev–Trinajstić information content (AvgIpc) is 3.11. The SMILES string of the molecule is Cc1cc(C)n(-c2cc(N3CCN(S(=O)(=O)CCN4C(=O)CCCC4=O)CC3)nc(C)n2)n1. The maximum absolute atomic E-state index is 12.8. The van der Waals surface area contributed by atoms with Crippen LogP contribution in [0, 0.1) is 20.8 Å². The molecule has 0 radical (unpaired) electrons. The van der Waals surface area contributed by atoms with Gasteiger partial charge in [0.2, 0.25) is 21.8 Å². The lowest BCUT2D eigenvalue weighted by Gasteiger charge is -2.35. The van der Waals surface area contributed by atoms with Gasteiger partial charge in [0.05, 0.1) is 11.4 Å². The summed E-state index contributed by atoms with van der Waals surface area (Å²) in [5.41, 5.74) is 1.87. The van der Waals surface area contributed by atoms with Crippen LogP contribution in [0.25, 0.3) is 5.82 Å². The quantitative estimate of drug-likeness (QED) is 0.556. The van der Waals surface area contributed by atoms with E-state index in [4.69, 9.17) is 0 Å². The molecule has 2 aliphatic rings. The van der Waals surface area contributed by atoms with Crippen LogP contribution in [0.3, 0.4) is 0 Å². The molecular formula is C21H29N7O4S. The molecule has 2 aromatic heterocycles. The molecule has 0 saturated carbocycles. The van der Waals surface area contributed by atoms with Gasteiger partial charge < -0.3 is 4.90 Å². The molecule has 12 heteroatoms. The number of aryl methyl sites for hydroxylation is 3. The Balaban J connectivity index is 1.41. The topological polar surface area (TPSA) is 122 Å². The van der Waals surface area contributed by atoms with E-state index in [1.54, 1.807) is 4.68 Å². The minimum atomic E-state index is -3.58. The van der Waals surface area contributed by atoms with Crippen LogP contribution in [0.1, 0.15) is 36.5 Å². The maximum Gasteiger partial charge on any atom is 0.229 e. The van der Waals surface area contributed by atoms with Crippen LogP contribution in [-0.2, 0) is 19.6 Å². The summed E-state index contributed by atoms with van der Waals surface area (Å²) in [6, 6.07) is 3.84. The number of hydrogen-bond donors (Lipinski definition) is 0. The predicted octanol–water partition coefficient (Wildman–Crippen LogP) is 0.578. The summed E-state index contributed by atoms with van der Waals surface area (Å²) in [4.78, 5) is 36.1. The summed E-state index contributed by atoms with van der Waals surface area (Å²) in [6.07, 6.45) is 1.12. The zero-order chi connectivity index (χ0) is 23.8. The zero-order valence-electron chi connectivity index (χ0n) is 19.2. The standard InChI is InChI=1S/C21H29N7O4S/c1-15-13-16(2)28(24-15)19-14-18(22-17(3)23-19)25-7-9-26(10-8-25)33(31,32)12-11-27-20(29)5-4-6-21(27)30/h13-14H,4-12H2,1-3H3. The van der Waals surface area contributed by atoms with Crippen LogP contribution in [-0.4, -0.2) is 87.7 Å². The fraction of sp³-hybridized carbons (Fsp3) is 0.571. The molecule has 2 amide bonds. The van der Waals surface area contributed by atoms with Crippen LogP contribution >= 0.6 is 0 Å². The molecule has 4 heterocycles. The second-order valence-electron chi connectivity index (χ2n) is 8.47. The molecule has 2 saturated heterocycles. The molecule has 178 valence electrons. The number of amides is 2. The lowest BCUT2D eigenvalue weighted by atomic mass is 10.1. The van der Waals surface area contributed by atoms with E-state index < -0.39 is 10.0 Å². The summed E-state index contributed by atoms with van der Waals surface area (Å²) >= 11 is 0. The molecule has 0 unspecified atom stereocenters. The molecule has 0 atom stereocenters. The van der Waals surface area contributed by atoms with Crippen LogP contribution in [0.4, 0.5) is 5.82 Å². The van der Waals surface area contributed by atoms with Gasteiger partial charge in [0.25, 0.3) is 0 Å². The van der Waals surface area contributed by atoms with E-state index in [1.807, 2.05) is 37.8 Å². The number of rotatable bonds is 6. The summed E-state index contributed by atoms with van der Waals surface area (Å²) in [5.74, 6) is 1.19. The molecular weight excluding hydrogens is 446 g/mol. The molecule has 0 bridgehead atoms. The minimum absolute atomic E-state index is 0.0860. The Bertz CT molecular complexity index is 1150. The molecule has 4 rings (SSSR count). The van der Waals surface area contributed by atoms with Crippen molar-refractivity contribution in [3.8, 4) is 5.82 Å². The Labute approximate surface area is 193 Å². The molecule has 11 nitrogen and oxygen atoms in total. The number of sulfonamides is 1. The second kappa shape index (κ2) is 9.18. The van der Waals surface area contributed by atoms with Crippen LogP contribution in [0.5, 0.6) is 0 Å². The van der Waals surface area contributed by atoms with E-state index in [0.29, 0.717) is 57.1 Å². The number of aromatic nitrogens is 4. The van der Waals surface area contributed by atoms with E-state index in [0.717, 1.165) is 22.1 Å². The number of piperidine rings is 1. The molecule has 2 aliphatic heterocycles. The third-order valence-corrected chi connectivity index (χ3v) is 7.80. The van der Waals surface area contributed by atoms with Crippen molar-refractivity contribution in [2.45, 2.75) is 40.0 Å². The van der Waals surface area contributed by atoms with E-state index in [1.165, 1.54) is 4.31 Å². The highest BCUT2D eigenvalue weighted by Gasteiger charge is 2.31. The van der Waals surface area contributed by atoms with Gasteiger partial charge in [0, 0.05) is 57.3 Å². The van der Waals surface area contributed by atoms with Gasteiger partial charge in [-0.15, -0.1) is 0 Å². The van der Waals surface area contributed by atoms with Crippen molar-refractivity contribution in [2.24, 2.45) is 0 Å². The monoisotopic (exact) mass is 475 g/mol. The number of imide groups is 1. The molecule has 0 aliphatic carbocycles. The molecule has 33 heavy (non-hydrogen) atoms. The van der Waals surface area contributed by atoms with Crippen LogP contribution in [0.2, 0.25) is 0 Å². The molecule has 0 spiro atoms. The van der Waals surface area contributed by atoms with Crippen molar-refractivity contribution in [1.82, 2.24) is 29.0 Å². The van der Waals surface area contributed by atoms with Crippen molar-refractivity contribution in [3.05, 3.63) is 29.3 Å². The molecule has 2 aromatic rings. The van der Waals surface area contributed by atoms with Gasteiger partial charge in [-0.25, -0.2) is 23.1 Å². The van der Waals surface area contributed by atoms with Gasteiger partial charge in [-0.3, -0.25) is 14.5 Å². The van der Waals surface area contributed by atoms with E-state index in [9.17, 15) is 18.0 Å². The smallest absolute Gasteiger partial charge is 0.229 e. The number of anilines is 1. The first-order chi connectivity index (χ1) is 15.6. The van der Waals surface area contributed by atoms with Gasteiger partial charge in [0.15, 0.2) is 5.82 Å². The highest BCUT2D eigenvalue weighted by atomic mass is 32.2. The number of carbonyl (C=O) groups excluding carboxylic acids is 2. The predicted molar refractivity (Wildman–Crippen MR) is 122 cm³/mol. The van der Waals surface area contributed by atoms with Crippen molar-refractivity contribution in [1.29, 1.82) is 0 Å². The first kappa shape index (κ1) is 23.3. The van der Waals surface area contributed by atoms with Crippen LogP contribution < -0.4 is 4.90 Å². The first-order valence-electron chi connectivity index (χ1n) is 11.1. The minimum Gasteiger partial charge on any atom is -0.354 e. The molecule has 0 N–H and O–H groups in total. The van der Waals surface area contributed by atoms with Crippen molar-refractivity contribution in [3.63, 3.8) is 0 Å². The summed E-state index contributed by atoms with van der Waals surface area (Å²) in [5, 5.41) is 4.49. The fourth-order valence-corrected chi connectivity index (χ4v) is 5.64. The molecule has 2 fully saturated rings. The Morgan fingerprint density at radius 2 is 1.55 bits per heavy atom. The number of hydrogen-bond acceptors (Lipinski definition) is 8. The number of piperazine rings is 1. The van der Waals surface area contributed by atoms with E-state index in [2.05, 4.69) is 15.1 Å². The summed E-state index contributed by atoms with van der Waals surface area (Å²) in [7, 11) is -3.58. The Morgan fingerprint density at radius 1 is 0.909 bits per heavy atom. The zero-order valence-corrected chi connectivity index (χ0v) is 20.0. The van der Waals surface area contributed by atoms with Crippen molar-refractivity contribution >= 4 is 27.7 Å². The fourth-order valence-electron chi connectivity index (χ4n) is 4.25. The Morgan fingerprint density at radius 3 is 2.15 bits per heavy atom. The lowest BCUT2D eigenvalue weighted by molar-refractivity contribution is -0.147. The average molecular weight is 476 g/mol. The van der Waals surface area contributed by atoms with E-state index >= 15 is 0 Å². The highest BCUT2D eigenvalue weighted by Crippen LogP contribution is 2.20. The Hall–Kier alpha value is -2.86. The third-order valence-electron chi connectivity index (χ3n) is 5.95. The van der Waals surface area contributed by atoms with Gasteiger partial charge in [-0.05, 0) is 33.3 Å². The van der Waals surface area contributed by atoms with Gasteiger partial charge in [-0.1, -0.05) is 0 Å². The van der Waals surface area contributed by atoms with Crippen LogP contribution in [0.15, 0.2) is 12.1 Å². The molecule has 0 aromatic carbocycles. The highest BCUT2D eigenvalue weighted by molar-refractivity contribution is 7.89. The second-order valence-corrected chi connectivity index (χ2v) is 10.6. The normalized spacial score (nSPS) is 18.3. The number of nitrogens with zero attached hydrogens (tertiary/aromatic N) is 7. The van der Waals surface area contributed by atoms with E-state index in [-0.39, 0.29) is 24.1 Å². The van der Waals surface area contributed by atoms with Gasteiger partial charge >= 0.3 is 0 Å². The van der Waals surface area contributed by atoms with Gasteiger partial charge in [-0.2, -0.15) is 9.40 Å². The maximum atomic E-state index is 12.8. The van der Waals surface area contributed by atoms with Gasteiger partial charge in [0.1, 0.15) is 11.6 Å². The number of carbonyl (C=O) groups is 2. The summed E-state index contributed by atoms with van der Waals surface area (Å²) in [6.45, 7) is 7.20. The first-order valence-corrected chi connectivity index (χ1v) is 12.7. The lowest BCUT2D eigenvalue weighted by Crippen LogP contribution is -2.51. The number of likely N-dealkylation sites (tertiary alicyclic amines) is 1. The van der Waals surface area contributed by atoms with Crippen molar-refractivity contribution in [2.75, 3.05) is 43.4 Å². The summed E-state index contributed by atoms with van der Waals surface area (Å²) < 4.78 is 28.9. The Kier molecular flexibility index (Phi) is 6.48. The largest absolute Gasteiger partial charge is 0.354 e.